The van der Waals surface area contributed by atoms with Gasteiger partial charge in [-0.15, -0.1) is 11.8 Å². The van der Waals surface area contributed by atoms with E-state index in [0.717, 1.165) is 35.7 Å². The molecule has 1 atom stereocenters. The molecule has 1 aliphatic rings. The van der Waals surface area contributed by atoms with Gasteiger partial charge in [0.25, 0.3) is 0 Å². The van der Waals surface area contributed by atoms with Gasteiger partial charge in [-0.1, -0.05) is 41.4 Å². The zero-order valence-electron chi connectivity index (χ0n) is 18.5. The fourth-order valence-electron chi connectivity index (χ4n) is 3.50. The summed E-state index contributed by atoms with van der Waals surface area (Å²) in [6.45, 7) is 5.53. The first kappa shape index (κ1) is 25.8. The number of nitrogens with zero attached hydrogens (tertiary/aromatic N) is 1. The van der Waals surface area contributed by atoms with E-state index < -0.39 is 0 Å². The minimum Gasteiger partial charge on any atom is -0.466 e. The maximum absolute atomic E-state index is 12.3. The lowest BCUT2D eigenvalue weighted by atomic mass is 10.1. The van der Waals surface area contributed by atoms with E-state index in [0.29, 0.717) is 35.6 Å². The van der Waals surface area contributed by atoms with Crippen LogP contribution in [0.25, 0.3) is 0 Å². The van der Waals surface area contributed by atoms with E-state index in [1.54, 1.807) is 6.92 Å². The molecule has 0 aliphatic carbocycles. The number of halogens is 2. The van der Waals surface area contributed by atoms with Crippen molar-refractivity contribution in [1.82, 2.24) is 10.2 Å². The number of thioether (sulfide) groups is 1. The van der Waals surface area contributed by atoms with Gasteiger partial charge < -0.3 is 14.8 Å². The highest BCUT2D eigenvalue weighted by Gasteiger charge is 2.21. The van der Waals surface area contributed by atoms with Crippen molar-refractivity contribution in [1.29, 1.82) is 0 Å². The number of hydrogen-bond donors (Lipinski definition) is 1. The molecular weight excluding hydrogens is 483 g/mol. The van der Waals surface area contributed by atoms with Crippen LogP contribution in [0, 0.1) is 0 Å². The standard InChI is InChI=1S/C24H28Cl2N2O4S/c1-2-31-24(30)12-17-4-3-5-20(10-17)33-16-23(29)27-13-19-15-28(8-9-32-19)14-18-6-7-21(25)22(26)11-18/h3-7,10-11,19H,2,8-9,12-16H2,1H3,(H,27,29)/t19-/m0/s1. The number of amides is 1. The van der Waals surface area contributed by atoms with E-state index in [4.69, 9.17) is 32.7 Å². The van der Waals surface area contributed by atoms with Crippen molar-refractivity contribution in [2.75, 3.05) is 38.6 Å². The number of benzene rings is 2. The van der Waals surface area contributed by atoms with Crippen LogP contribution < -0.4 is 5.32 Å². The summed E-state index contributed by atoms with van der Waals surface area (Å²) in [5.41, 5.74) is 1.97. The SMILES string of the molecule is CCOC(=O)Cc1cccc(SCC(=O)NC[C@H]2CN(Cc3ccc(Cl)c(Cl)c3)CCO2)c1. The summed E-state index contributed by atoms with van der Waals surface area (Å²) in [5, 5.41) is 4.06. The minimum atomic E-state index is -0.252. The molecule has 0 aromatic heterocycles. The molecule has 1 amide bonds. The molecule has 0 radical (unpaired) electrons. The third kappa shape index (κ3) is 8.83. The smallest absolute Gasteiger partial charge is 0.310 e. The number of esters is 1. The van der Waals surface area contributed by atoms with E-state index in [-0.39, 0.29) is 24.4 Å². The Labute approximate surface area is 208 Å². The number of rotatable bonds is 10. The first-order valence-electron chi connectivity index (χ1n) is 10.8. The average Bonchev–Trinajstić information content (AvgIpc) is 2.79. The molecule has 1 fully saturated rings. The monoisotopic (exact) mass is 510 g/mol. The van der Waals surface area contributed by atoms with Crippen molar-refractivity contribution in [3.8, 4) is 0 Å². The molecule has 3 rings (SSSR count). The summed E-state index contributed by atoms with van der Waals surface area (Å²) in [4.78, 5) is 27.2. The number of carbonyl (C=O) groups is 2. The van der Waals surface area contributed by atoms with Crippen LogP contribution in [0.1, 0.15) is 18.1 Å². The molecule has 1 saturated heterocycles. The van der Waals surface area contributed by atoms with E-state index in [1.807, 2.05) is 42.5 Å². The second kappa shape index (κ2) is 13.2. The second-order valence-corrected chi connectivity index (χ2v) is 9.56. The molecule has 0 unspecified atom stereocenters. The Balaban J connectivity index is 1.40. The number of ether oxygens (including phenoxy) is 2. The molecule has 0 bridgehead atoms. The van der Waals surface area contributed by atoms with Crippen molar-refractivity contribution >= 4 is 46.8 Å². The number of nitrogens with one attached hydrogen (secondary N) is 1. The van der Waals surface area contributed by atoms with Gasteiger partial charge in [0.1, 0.15) is 0 Å². The summed E-state index contributed by atoms with van der Waals surface area (Å²) < 4.78 is 10.8. The van der Waals surface area contributed by atoms with Gasteiger partial charge in [-0.2, -0.15) is 0 Å². The Hall–Kier alpha value is -1.77. The predicted molar refractivity (Wildman–Crippen MR) is 132 cm³/mol. The minimum absolute atomic E-state index is 0.0546. The predicted octanol–water partition coefficient (Wildman–Crippen LogP) is 4.21. The van der Waals surface area contributed by atoms with Gasteiger partial charge in [0, 0.05) is 31.1 Å². The highest BCUT2D eigenvalue weighted by atomic mass is 35.5. The van der Waals surface area contributed by atoms with Gasteiger partial charge >= 0.3 is 5.97 Å². The molecule has 33 heavy (non-hydrogen) atoms. The first-order valence-corrected chi connectivity index (χ1v) is 12.6. The van der Waals surface area contributed by atoms with Crippen molar-refractivity contribution in [2.45, 2.75) is 30.9 Å². The molecule has 0 saturated carbocycles. The Kier molecular flexibility index (Phi) is 10.3. The van der Waals surface area contributed by atoms with Crippen LogP contribution in [-0.4, -0.2) is 61.5 Å². The molecule has 1 aliphatic heterocycles. The third-order valence-corrected chi connectivity index (χ3v) is 6.79. The number of morpholine rings is 1. The van der Waals surface area contributed by atoms with Gasteiger partial charge in [0.2, 0.25) is 5.91 Å². The highest BCUT2D eigenvalue weighted by Crippen LogP contribution is 2.24. The lowest BCUT2D eigenvalue weighted by Gasteiger charge is -2.33. The zero-order chi connectivity index (χ0) is 23.6. The van der Waals surface area contributed by atoms with Crippen molar-refractivity contribution in [3.63, 3.8) is 0 Å². The van der Waals surface area contributed by atoms with Gasteiger partial charge in [0.05, 0.1) is 41.5 Å². The molecular formula is C24H28Cl2N2O4S. The molecule has 6 nitrogen and oxygen atoms in total. The van der Waals surface area contributed by atoms with Crippen LogP contribution in [0.4, 0.5) is 0 Å². The summed E-state index contributed by atoms with van der Waals surface area (Å²) in [5.74, 6) is -0.0122. The molecule has 1 heterocycles. The maximum Gasteiger partial charge on any atom is 0.310 e. The van der Waals surface area contributed by atoms with Crippen LogP contribution in [0.15, 0.2) is 47.4 Å². The van der Waals surface area contributed by atoms with E-state index >= 15 is 0 Å². The van der Waals surface area contributed by atoms with Gasteiger partial charge in [0.15, 0.2) is 0 Å². The number of hydrogen-bond acceptors (Lipinski definition) is 6. The topological polar surface area (TPSA) is 67.9 Å². The quantitative estimate of drug-likeness (QED) is 0.381. The first-order chi connectivity index (χ1) is 15.9. The fourth-order valence-corrected chi connectivity index (χ4v) is 4.63. The Morgan fingerprint density at radius 3 is 2.82 bits per heavy atom. The van der Waals surface area contributed by atoms with Crippen LogP contribution >= 0.6 is 35.0 Å². The van der Waals surface area contributed by atoms with Crippen LogP contribution in [0.5, 0.6) is 0 Å². The lowest BCUT2D eigenvalue weighted by molar-refractivity contribution is -0.142. The highest BCUT2D eigenvalue weighted by molar-refractivity contribution is 8.00. The van der Waals surface area contributed by atoms with Crippen molar-refractivity contribution < 1.29 is 19.1 Å². The number of carbonyl (C=O) groups excluding carboxylic acids is 2. The Morgan fingerprint density at radius 1 is 1.18 bits per heavy atom. The van der Waals surface area contributed by atoms with E-state index in [1.165, 1.54) is 11.8 Å². The van der Waals surface area contributed by atoms with Crippen molar-refractivity contribution in [3.05, 3.63) is 63.6 Å². The third-order valence-electron chi connectivity index (χ3n) is 5.06. The summed E-state index contributed by atoms with van der Waals surface area (Å²) in [6, 6.07) is 13.3. The summed E-state index contributed by atoms with van der Waals surface area (Å²) in [6.07, 6.45) is 0.162. The molecule has 2 aromatic rings. The molecule has 0 spiro atoms. The van der Waals surface area contributed by atoms with E-state index in [2.05, 4.69) is 10.2 Å². The van der Waals surface area contributed by atoms with E-state index in [9.17, 15) is 9.59 Å². The molecule has 178 valence electrons. The second-order valence-electron chi connectivity index (χ2n) is 7.70. The zero-order valence-corrected chi connectivity index (χ0v) is 20.8. The van der Waals surface area contributed by atoms with Crippen LogP contribution in [-0.2, 0) is 32.0 Å². The van der Waals surface area contributed by atoms with Gasteiger partial charge in [-0.25, -0.2) is 0 Å². The van der Waals surface area contributed by atoms with Gasteiger partial charge in [-0.3, -0.25) is 14.5 Å². The Bertz CT molecular complexity index is 960. The summed E-state index contributed by atoms with van der Waals surface area (Å²) in [7, 11) is 0. The fraction of sp³-hybridized carbons (Fsp3) is 0.417. The normalized spacial score (nSPS) is 16.4. The lowest BCUT2D eigenvalue weighted by Crippen LogP contribution is -2.47. The largest absolute Gasteiger partial charge is 0.466 e. The van der Waals surface area contributed by atoms with Crippen molar-refractivity contribution in [2.24, 2.45) is 0 Å². The van der Waals surface area contributed by atoms with Crippen LogP contribution in [0.2, 0.25) is 10.0 Å². The Morgan fingerprint density at radius 2 is 2.03 bits per heavy atom. The van der Waals surface area contributed by atoms with Crippen LogP contribution in [0.3, 0.4) is 0 Å². The molecule has 2 aromatic carbocycles. The molecule has 9 heteroatoms. The molecule has 1 N–H and O–H groups in total. The van der Waals surface area contributed by atoms with Gasteiger partial charge in [-0.05, 0) is 42.3 Å². The maximum atomic E-state index is 12.3. The summed E-state index contributed by atoms with van der Waals surface area (Å²) >= 11 is 13.5. The average molecular weight is 511 g/mol.